The molecule has 0 bridgehead atoms. The molecule has 21 valence electrons. The van der Waals surface area contributed by atoms with Crippen molar-refractivity contribution in [3.8, 4) is 0 Å². The van der Waals surface area contributed by atoms with Gasteiger partial charge in [-0.2, -0.15) is 0 Å². The summed E-state index contributed by atoms with van der Waals surface area (Å²) in [7, 11) is 0. The van der Waals surface area contributed by atoms with Crippen molar-refractivity contribution in [3.63, 3.8) is 0 Å². The van der Waals surface area contributed by atoms with Crippen LogP contribution >= 0.6 is 0 Å². The quantitative estimate of drug-likeness (QED) is 0.492. The van der Waals surface area contributed by atoms with Crippen molar-refractivity contribution >= 4 is 6.47 Å². The Morgan fingerprint density at radius 1 is 1.75 bits per heavy atom. The van der Waals surface area contributed by atoms with Crippen molar-refractivity contribution in [1.82, 2.24) is 0 Å². The molecule has 0 aliphatic heterocycles. The third-order valence-corrected chi connectivity index (χ3v) is 0. The molecule has 0 aliphatic rings. The fourth-order valence-corrected chi connectivity index (χ4v) is 0. The molecule has 1 N–H and O–H groups in total. The molecule has 0 amide bonds. The summed E-state index contributed by atoms with van der Waals surface area (Å²) in [4.78, 5) is 8.24. The summed E-state index contributed by atoms with van der Waals surface area (Å²) in [6.45, 7) is 0.500. The van der Waals surface area contributed by atoms with E-state index in [1.54, 1.807) is 0 Å². The molecule has 0 aliphatic carbocycles. The van der Waals surface area contributed by atoms with E-state index in [4.69, 9.17) is 9.90 Å². The summed E-state index contributed by atoms with van der Waals surface area (Å²) in [6.07, 6.45) is 0. The maximum Gasteiger partial charge on any atom is 0.414 e. The molecule has 0 spiro atoms. The second-order valence-corrected chi connectivity index (χ2v) is 0.0913. The molecule has 0 fully saturated rings. The van der Waals surface area contributed by atoms with Crippen LogP contribution in [0.15, 0.2) is 0 Å². The van der Waals surface area contributed by atoms with Gasteiger partial charge in [-0.25, -0.2) is 4.79 Å². The fraction of sp³-hybridized carbons (Fsp3) is 0. The minimum absolute atomic E-state index is 0. The predicted molar refractivity (Wildman–Crippen MR) is 8.32 cm³/mol. The molecule has 0 atom stereocenters. The molecule has 4 heavy (non-hydrogen) atoms. The molecule has 0 aromatic rings. The molecule has 3 heteroatoms. The average Bonchev–Trinajstić information content (AvgIpc) is 0.918. The molecular formula is CHO2Zr. The molecule has 0 rings (SSSR count). The first-order chi connectivity index (χ1) is 1.41. The van der Waals surface area contributed by atoms with Crippen molar-refractivity contribution in [2.75, 3.05) is 0 Å². The maximum absolute atomic E-state index is 8.24. The monoisotopic (exact) mass is 135 g/mol. The summed E-state index contributed by atoms with van der Waals surface area (Å²) < 4.78 is 0. The van der Waals surface area contributed by atoms with Crippen LogP contribution in [0.3, 0.4) is 0 Å². The Kier molecular flexibility index (Phi) is 22.4. The molecular weight excluding hydrogens is 135 g/mol. The van der Waals surface area contributed by atoms with Crippen LogP contribution in [0.2, 0.25) is 0 Å². The van der Waals surface area contributed by atoms with Gasteiger partial charge in [0, 0.05) is 26.2 Å². The summed E-state index contributed by atoms with van der Waals surface area (Å²) in [5.41, 5.74) is 0. The van der Waals surface area contributed by atoms with Gasteiger partial charge in [-0.1, -0.05) is 0 Å². The normalized spacial score (nSPS) is 3.00. The van der Waals surface area contributed by atoms with Crippen LogP contribution in [0.25, 0.3) is 0 Å². The van der Waals surface area contributed by atoms with E-state index in [1.807, 2.05) is 0 Å². The number of rotatable bonds is 0. The molecule has 0 aromatic heterocycles. The third kappa shape index (κ3) is 34.6. The Morgan fingerprint density at radius 2 is 1.75 bits per heavy atom. The molecule has 0 heterocycles. The van der Waals surface area contributed by atoms with E-state index in [-0.39, 0.29) is 26.2 Å². The molecule has 0 saturated heterocycles. The zero-order valence-corrected chi connectivity index (χ0v) is 4.31. The second-order valence-electron chi connectivity index (χ2n) is 0.0913. The number of aliphatic hydroxyl groups excluding tert-OH is 1. The van der Waals surface area contributed by atoms with Gasteiger partial charge < -0.3 is 5.11 Å². The van der Waals surface area contributed by atoms with E-state index in [0.29, 0.717) is 6.47 Å². The Hall–Kier alpha value is 0.353. The largest absolute Gasteiger partial charge is 0.473 e. The molecule has 0 saturated carbocycles. The average molecular weight is 136 g/mol. The van der Waals surface area contributed by atoms with Crippen molar-refractivity contribution < 1.29 is 36.1 Å². The Labute approximate surface area is 42.9 Å². The van der Waals surface area contributed by atoms with Gasteiger partial charge in [-0.15, -0.1) is 0 Å². The topological polar surface area (TPSA) is 37.3 Å². The van der Waals surface area contributed by atoms with Gasteiger partial charge in [0.05, 0.1) is 0 Å². The van der Waals surface area contributed by atoms with Crippen LogP contribution in [0.4, 0.5) is 0 Å². The van der Waals surface area contributed by atoms with Crippen molar-refractivity contribution in [1.29, 1.82) is 0 Å². The summed E-state index contributed by atoms with van der Waals surface area (Å²) >= 11 is 0. The molecule has 2 nitrogen and oxygen atoms in total. The van der Waals surface area contributed by atoms with Crippen molar-refractivity contribution in [2.45, 2.75) is 0 Å². The van der Waals surface area contributed by atoms with Gasteiger partial charge in [-0.05, 0) is 0 Å². The Balaban J connectivity index is 0. The molecule has 0 aromatic carbocycles. The SMILES string of the molecule is O=[C]O.[Zr]. The van der Waals surface area contributed by atoms with Gasteiger partial charge in [0.25, 0.3) is 0 Å². The summed E-state index contributed by atoms with van der Waals surface area (Å²) in [5.74, 6) is 0. The molecule has 1 radical (unpaired) electrons. The third-order valence-electron chi connectivity index (χ3n) is 0. The zero-order valence-electron chi connectivity index (χ0n) is 1.86. The van der Waals surface area contributed by atoms with Crippen molar-refractivity contribution in [2.24, 2.45) is 0 Å². The minimum Gasteiger partial charge on any atom is -0.473 e. The van der Waals surface area contributed by atoms with Gasteiger partial charge in [0.1, 0.15) is 0 Å². The van der Waals surface area contributed by atoms with Gasteiger partial charge in [0.2, 0.25) is 0 Å². The van der Waals surface area contributed by atoms with Crippen LogP contribution in [-0.2, 0) is 31.0 Å². The van der Waals surface area contributed by atoms with Crippen LogP contribution < -0.4 is 0 Å². The van der Waals surface area contributed by atoms with Crippen LogP contribution in [0.1, 0.15) is 0 Å². The van der Waals surface area contributed by atoms with Gasteiger partial charge in [-0.3, -0.25) is 0 Å². The maximum atomic E-state index is 8.24. The first-order valence-corrected chi connectivity index (χ1v) is 0.428. The zero-order chi connectivity index (χ0) is 2.71. The standard InChI is InChI=1S/CHO2.Zr/c2-1-3;/h(H,2,3);. The Bertz CT molecular complexity index is 13.5. The van der Waals surface area contributed by atoms with E-state index in [2.05, 4.69) is 0 Å². The summed E-state index contributed by atoms with van der Waals surface area (Å²) in [5, 5.41) is 6.76. The van der Waals surface area contributed by atoms with E-state index in [0.717, 1.165) is 0 Å². The molecule has 0 unspecified atom stereocenters. The summed E-state index contributed by atoms with van der Waals surface area (Å²) in [6, 6.07) is 0. The number of hydrogen-bond donors (Lipinski definition) is 1. The van der Waals surface area contributed by atoms with E-state index in [9.17, 15) is 0 Å². The second kappa shape index (κ2) is 10.1. The van der Waals surface area contributed by atoms with E-state index < -0.39 is 0 Å². The predicted octanol–water partition coefficient (Wildman–Crippen LogP) is -0.391. The fourth-order valence-electron chi connectivity index (χ4n) is 0. The Morgan fingerprint density at radius 3 is 1.75 bits per heavy atom. The first kappa shape index (κ1) is 8.84. The minimum atomic E-state index is 0. The smallest absolute Gasteiger partial charge is 0.414 e. The number of hydrogen-bond acceptors (Lipinski definition) is 1. The van der Waals surface area contributed by atoms with Crippen LogP contribution in [0.5, 0.6) is 0 Å². The first-order valence-electron chi connectivity index (χ1n) is 0.428. The van der Waals surface area contributed by atoms with Crippen molar-refractivity contribution in [3.05, 3.63) is 0 Å². The van der Waals surface area contributed by atoms with E-state index in [1.165, 1.54) is 0 Å². The van der Waals surface area contributed by atoms with Gasteiger partial charge >= 0.3 is 6.47 Å². The van der Waals surface area contributed by atoms with Crippen LogP contribution in [0, 0.1) is 0 Å². The van der Waals surface area contributed by atoms with E-state index >= 15 is 0 Å². The van der Waals surface area contributed by atoms with Crippen LogP contribution in [-0.4, -0.2) is 11.6 Å². The van der Waals surface area contributed by atoms with Gasteiger partial charge in [0.15, 0.2) is 0 Å².